The Balaban J connectivity index is 1.57. The smallest absolute Gasteiger partial charge is 0.255 e. The van der Waals surface area contributed by atoms with Crippen LogP contribution >= 0.6 is 0 Å². The van der Waals surface area contributed by atoms with Gasteiger partial charge in [-0.25, -0.2) is 4.98 Å². The van der Waals surface area contributed by atoms with Crippen molar-refractivity contribution in [1.29, 1.82) is 0 Å². The zero-order chi connectivity index (χ0) is 19.6. The average Bonchev–Trinajstić information content (AvgIpc) is 3.31. The van der Waals surface area contributed by atoms with Gasteiger partial charge in [-0.1, -0.05) is 0 Å². The van der Waals surface area contributed by atoms with E-state index >= 15 is 0 Å². The van der Waals surface area contributed by atoms with Crippen LogP contribution in [0.15, 0.2) is 18.3 Å². The van der Waals surface area contributed by atoms with Crippen molar-refractivity contribution in [2.24, 2.45) is 0 Å². The number of nitrogens with zero attached hydrogens (tertiary/aromatic N) is 3. The molecule has 0 aliphatic carbocycles. The van der Waals surface area contributed by atoms with Gasteiger partial charge in [0.1, 0.15) is 11.9 Å². The van der Waals surface area contributed by atoms with Gasteiger partial charge in [0, 0.05) is 38.5 Å². The number of likely N-dealkylation sites (tertiary alicyclic amines) is 1. The summed E-state index contributed by atoms with van der Waals surface area (Å²) in [6.07, 6.45) is 3.82. The summed E-state index contributed by atoms with van der Waals surface area (Å²) >= 11 is 0. The van der Waals surface area contributed by atoms with E-state index in [1.165, 1.54) is 0 Å². The molecule has 1 aromatic heterocycles. The minimum absolute atomic E-state index is 0.0334. The standard InChI is InChI=1S/C20H30N4O3/c1-20(2,3)22-17-8-7-14(12-21-17)18(25)24-10-9-15(13-24)23(4)19(26)16-6-5-11-27-16/h7-8,12,15-16H,5-6,9-11,13H2,1-4H3,(H,21,22)/t15-,16-/m0/s1. The normalized spacial score (nSPS) is 22.7. The summed E-state index contributed by atoms with van der Waals surface area (Å²) in [4.78, 5) is 33.2. The third-order valence-electron chi connectivity index (χ3n) is 5.06. The molecule has 2 aliphatic rings. The van der Waals surface area contributed by atoms with Crippen molar-refractivity contribution in [2.75, 3.05) is 32.1 Å². The third-order valence-corrected chi connectivity index (χ3v) is 5.06. The number of nitrogens with one attached hydrogen (secondary N) is 1. The molecule has 3 rings (SSSR count). The first-order valence-electron chi connectivity index (χ1n) is 9.66. The molecular formula is C20H30N4O3. The molecule has 7 heteroatoms. The second-order valence-electron chi connectivity index (χ2n) is 8.45. The Bertz CT molecular complexity index is 677. The van der Waals surface area contributed by atoms with E-state index in [2.05, 4.69) is 31.1 Å². The Kier molecular flexibility index (Phi) is 5.69. The molecular weight excluding hydrogens is 344 g/mol. The number of carbonyl (C=O) groups is 2. The molecule has 0 bridgehead atoms. The molecule has 7 nitrogen and oxygen atoms in total. The predicted octanol–water partition coefficient (Wildman–Crippen LogP) is 2.14. The van der Waals surface area contributed by atoms with Crippen LogP contribution in [0.3, 0.4) is 0 Å². The highest BCUT2D eigenvalue weighted by molar-refractivity contribution is 5.94. The average molecular weight is 374 g/mol. The monoisotopic (exact) mass is 374 g/mol. The fourth-order valence-electron chi connectivity index (χ4n) is 3.58. The van der Waals surface area contributed by atoms with Gasteiger partial charge in [0.15, 0.2) is 0 Å². The molecule has 1 N–H and O–H groups in total. The molecule has 0 unspecified atom stereocenters. The number of likely N-dealkylation sites (N-methyl/N-ethyl adjacent to an activating group) is 1. The van der Waals surface area contributed by atoms with E-state index in [4.69, 9.17) is 4.74 Å². The lowest BCUT2D eigenvalue weighted by Gasteiger charge is -2.27. The van der Waals surface area contributed by atoms with Gasteiger partial charge in [0.05, 0.1) is 11.6 Å². The van der Waals surface area contributed by atoms with Crippen molar-refractivity contribution < 1.29 is 14.3 Å². The number of anilines is 1. The molecule has 3 heterocycles. The number of rotatable bonds is 4. The lowest BCUT2D eigenvalue weighted by molar-refractivity contribution is -0.141. The van der Waals surface area contributed by atoms with Crippen LogP contribution in [0.5, 0.6) is 0 Å². The zero-order valence-corrected chi connectivity index (χ0v) is 16.7. The summed E-state index contributed by atoms with van der Waals surface area (Å²) in [5.74, 6) is 0.747. The highest BCUT2D eigenvalue weighted by Gasteiger charge is 2.35. The molecule has 2 fully saturated rings. The van der Waals surface area contributed by atoms with Gasteiger partial charge in [-0.05, 0) is 52.2 Å². The van der Waals surface area contributed by atoms with Crippen LogP contribution in [0.25, 0.3) is 0 Å². The van der Waals surface area contributed by atoms with E-state index in [9.17, 15) is 9.59 Å². The maximum absolute atomic E-state index is 12.8. The third kappa shape index (κ3) is 4.77. The van der Waals surface area contributed by atoms with Gasteiger partial charge in [-0.2, -0.15) is 0 Å². The number of carbonyl (C=O) groups excluding carboxylic acids is 2. The van der Waals surface area contributed by atoms with Gasteiger partial charge in [-0.3, -0.25) is 9.59 Å². The van der Waals surface area contributed by atoms with Crippen molar-refractivity contribution in [2.45, 2.75) is 57.7 Å². The largest absolute Gasteiger partial charge is 0.368 e. The Labute approximate surface area is 161 Å². The molecule has 0 radical (unpaired) electrons. The number of hydrogen-bond acceptors (Lipinski definition) is 5. The summed E-state index contributed by atoms with van der Waals surface area (Å²) in [6.45, 7) is 8.04. The Hall–Kier alpha value is -2.15. The van der Waals surface area contributed by atoms with Crippen molar-refractivity contribution in [3.05, 3.63) is 23.9 Å². The van der Waals surface area contributed by atoms with Crippen LogP contribution in [-0.2, 0) is 9.53 Å². The number of ether oxygens (including phenoxy) is 1. The van der Waals surface area contributed by atoms with Crippen LogP contribution in [0.2, 0.25) is 0 Å². The molecule has 0 saturated carbocycles. The molecule has 27 heavy (non-hydrogen) atoms. The highest BCUT2D eigenvalue weighted by atomic mass is 16.5. The zero-order valence-electron chi connectivity index (χ0n) is 16.7. The summed E-state index contributed by atoms with van der Waals surface area (Å²) in [5, 5.41) is 3.29. The number of aromatic nitrogens is 1. The van der Waals surface area contributed by atoms with Crippen molar-refractivity contribution >= 4 is 17.6 Å². The Morgan fingerprint density at radius 3 is 2.67 bits per heavy atom. The summed E-state index contributed by atoms with van der Waals surface area (Å²) in [7, 11) is 1.82. The van der Waals surface area contributed by atoms with Crippen molar-refractivity contribution in [3.63, 3.8) is 0 Å². The van der Waals surface area contributed by atoms with Crippen LogP contribution in [-0.4, -0.2) is 71.0 Å². The van der Waals surface area contributed by atoms with E-state index < -0.39 is 0 Å². The quantitative estimate of drug-likeness (QED) is 0.874. The fourth-order valence-corrected chi connectivity index (χ4v) is 3.58. The molecule has 148 valence electrons. The Morgan fingerprint density at radius 2 is 2.07 bits per heavy atom. The Morgan fingerprint density at radius 1 is 1.30 bits per heavy atom. The molecule has 1 aromatic rings. The molecule has 2 saturated heterocycles. The van der Waals surface area contributed by atoms with E-state index in [-0.39, 0.29) is 29.5 Å². The van der Waals surface area contributed by atoms with E-state index in [0.29, 0.717) is 25.3 Å². The topological polar surface area (TPSA) is 74.8 Å². The molecule has 2 aliphatic heterocycles. The molecule has 2 atom stereocenters. The van der Waals surface area contributed by atoms with Gasteiger partial charge < -0.3 is 19.9 Å². The fraction of sp³-hybridized carbons (Fsp3) is 0.650. The van der Waals surface area contributed by atoms with Crippen molar-refractivity contribution in [1.82, 2.24) is 14.8 Å². The second-order valence-corrected chi connectivity index (χ2v) is 8.45. The van der Waals surface area contributed by atoms with Gasteiger partial charge in [0.25, 0.3) is 11.8 Å². The van der Waals surface area contributed by atoms with Gasteiger partial charge >= 0.3 is 0 Å². The number of hydrogen-bond donors (Lipinski definition) is 1. The maximum Gasteiger partial charge on any atom is 0.255 e. The van der Waals surface area contributed by atoms with Crippen molar-refractivity contribution in [3.8, 4) is 0 Å². The second kappa shape index (κ2) is 7.84. The molecule has 0 spiro atoms. The lowest BCUT2D eigenvalue weighted by atomic mass is 10.1. The summed E-state index contributed by atoms with van der Waals surface area (Å²) in [5.41, 5.74) is 0.490. The van der Waals surface area contributed by atoms with Gasteiger partial charge in [0.2, 0.25) is 0 Å². The van der Waals surface area contributed by atoms with E-state index in [1.54, 1.807) is 22.1 Å². The van der Waals surface area contributed by atoms with Gasteiger partial charge in [-0.15, -0.1) is 0 Å². The lowest BCUT2D eigenvalue weighted by Crippen LogP contribution is -2.44. The number of pyridine rings is 1. The summed E-state index contributed by atoms with van der Waals surface area (Å²) < 4.78 is 5.50. The number of amides is 2. The van der Waals surface area contributed by atoms with Crippen LogP contribution < -0.4 is 5.32 Å². The first-order chi connectivity index (χ1) is 12.7. The van der Waals surface area contributed by atoms with Crippen LogP contribution in [0, 0.1) is 0 Å². The predicted molar refractivity (Wildman–Crippen MR) is 104 cm³/mol. The molecule has 0 aromatic carbocycles. The first-order valence-corrected chi connectivity index (χ1v) is 9.66. The van der Waals surface area contributed by atoms with Crippen LogP contribution in [0.4, 0.5) is 5.82 Å². The highest BCUT2D eigenvalue weighted by Crippen LogP contribution is 2.21. The first kappa shape index (κ1) is 19.6. The summed E-state index contributed by atoms with van der Waals surface area (Å²) in [6, 6.07) is 3.68. The SMILES string of the molecule is CN(C(=O)[C@@H]1CCCO1)[C@H]1CCN(C(=O)c2ccc(NC(C)(C)C)nc2)C1. The van der Waals surface area contributed by atoms with E-state index in [1.807, 2.05) is 13.1 Å². The maximum atomic E-state index is 12.8. The van der Waals surface area contributed by atoms with Crippen LogP contribution in [0.1, 0.15) is 50.4 Å². The van der Waals surface area contributed by atoms with E-state index in [0.717, 1.165) is 25.1 Å². The minimum atomic E-state index is -0.313. The minimum Gasteiger partial charge on any atom is -0.368 e. The molecule has 2 amide bonds.